The van der Waals surface area contributed by atoms with Crippen LogP contribution < -0.4 is 5.32 Å². The van der Waals surface area contributed by atoms with Crippen molar-refractivity contribution >= 4 is 26.7 Å². The number of benzene rings is 1. The molecule has 1 aromatic heterocycles. The summed E-state index contributed by atoms with van der Waals surface area (Å²) in [7, 11) is -2.89. The molecule has 0 unspecified atom stereocenters. The Morgan fingerprint density at radius 1 is 1.26 bits per heavy atom. The molecule has 1 amide bonds. The molecule has 3 rings (SSSR count). The maximum absolute atomic E-state index is 13.1. The topological polar surface area (TPSA) is 79.6 Å². The quantitative estimate of drug-likeness (QED) is 0.899. The van der Waals surface area contributed by atoms with Crippen molar-refractivity contribution < 1.29 is 22.0 Å². The first-order chi connectivity index (χ1) is 10.9. The minimum atomic E-state index is -2.89. The summed E-state index contributed by atoms with van der Waals surface area (Å²) in [6.07, 6.45) is 0. The first-order valence-corrected chi connectivity index (χ1v) is 9.15. The molecule has 0 bridgehead atoms. The van der Waals surface area contributed by atoms with Gasteiger partial charge < -0.3 is 9.73 Å². The molecule has 1 aliphatic rings. The summed E-state index contributed by atoms with van der Waals surface area (Å²) in [6.45, 7) is 1.95. The second kappa shape index (κ2) is 6.29. The Labute approximate surface area is 133 Å². The van der Waals surface area contributed by atoms with E-state index in [2.05, 4.69) is 5.32 Å². The predicted octanol–water partition coefficient (Wildman–Crippen LogP) is 1.03. The number of rotatable bonds is 4. The second-order valence-electron chi connectivity index (χ2n) is 5.54. The average molecular weight is 340 g/mol. The van der Waals surface area contributed by atoms with Gasteiger partial charge in [0.1, 0.15) is 11.4 Å². The van der Waals surface area contributed by atoms with E-state index in [1.54, 1.807) is 0 Å². The van der Waals surface area contributed by atoms with Gasteiger partial charge in [0.2, 0.25) is 0 Å². The third-order valence-corrected chi connectivity index (χ3v) is 5.46. The standard InChI is InChI=1S/C15H17FN2O4S/c16-12-1-2-13-11(9-12)10-14(22-13)15(19)17-3-4-18-5-7-23(20,21)8-6-18/h1-2,9-10H,3-8H2,(H,17,19). The van der Waals surface area contributed by atoms with Crippen molar-refractivity contribution in [3.8, 4) is 0 Å². The fourth-order valence-electron chi connectivity index (χ4n) is 2.51. The van der Waals surface area contributed by atoms with Crippen LogP contribution >= 0.6 is 0 Å². The molecule has 0 saturated carbocycles. The van der Waals surface area contributed by atoms with Crippen molar-refractivity contribution in [2.45, 2.75) is 0 Å². The number of nitrogens with one attached hydrogen (secondary N) is 1. The summed E-state index contributed by atoms with van der Waals surface area (Å²) in [5.74, 6) is -0.296. The SMILES string of the molecule is O=C(NCCN1CCS(=O)(=O)CC1)c1cc2cc(F)ccc2o1. The number of carbonyl (C=O) groups is 1. The summed E-state index contributed by atoms with van der Waals surface area (Å²) in [4.78, 5) is 14.0. The third kappa shape index (κ3) is 3.89. The number of furan rings is 1. The number of hydrogen-bond acceptors (Lipinski definition) is 5. The van der Waals surface area contributed by atoms with E-state index in [0.29, 0.717) is 37.1 Å². The average Bonchev–Trinajstić information content (AvgIpc) is 2.92. The van der Waals surface area contributed by atoms with Crippen LogP contribution in [0, 0.1) is 5.82 Å². The number of fused-ring (bicyclic) bond motifs is 1. The number of hydrogen-bond donors (Lipinski definition) is 1. The Bertz CT molecular complexity index is 817. The molecule has 2 aromatic rings. The molecule has 1 aliphatic heterocycles. The maximum Gasteiger partial charge on any atom is 0.287 e. The van der Waals surface area contributed by atoms with Crippen LogP contribution in [0.1, 0.15) is 10.6 Å². The van der Waals surface area contributed by atoms with E-state index in [-0.39, 0.29) is 29.0 Å². The zero-order chi connectivity index (χ0) is 16.4. The largest absolute Gasteiger partial charge is 0.451 e. The predicted molar refractivity (Wildman–Crippen MR) is 83.6 cm³/mol. The molecule has 0 aliphatic carbocycles. The van der Waals surface area contributed by atoms with Crippen molar-refractivity contribution in [3.63, 3.8) is 0 Å². The maximum atomic E-state index is 13.1. The lowest BCUT2D eigenvalue weighted by Crippen LogP contribution is -2.43. The van der Waals surface area contributed by atoms with Gasteiger partial charge in [0, 0.05) is 31.6 Å². The Balaban J connectivity index is 1.52. The highest BCUT2D eigenvalue weighted by atomic mass is 32.2. The minimum absolute atomic E-state index is 0.131. The number of carbonyl (C=O) groups excluding carboxylic acids is 1. The van der Waals surface area contributed by atoms with Crippen molar-refractivity contribution in [1.29, 1.82) is 0 Å². The Hall–Kier alpha value is -1.93. The Morgan fingerprint density at radius 2 is 2.00 bits per heavy atom. The van der Waals surface area contributed by atoms with Gasteiger partial charge in [0.05, 0.1) is 11.5 Å². The van der Waals surface area contributed by atoms with Crippen LogP contribution in [0.4, 0.5) is 4.39 Å². The van der Waals surface area contributed by atoms with Gasteiger partial charge in [-0.3, -0.25) is 9.69 Å². The van der Waals surface area contributed by atoms with Crippen LogP contribution in [0.25, 0.3) is 11.0 Å². The summed E-state index contributed by atoms with van der Waals surface area (Å²) >= 11 is 0. The van der Waals surface area contributed by atoms with Gasteiger partial charge in [-0.05, 0) is 24.3 Å². The summed E-state index contributed by atoms with van der Waals surface area (Å²) in [6, 6.07) is 5.57. The Kier molecular flexibility index (Phi) is 4.36. The first-order valence-electron chi connectivity index (χ1n) is 7.33. The lowest BCUT2D eigenvalue weighted by atomic mass is 10.2. The van der Waals surface area contributed by atoms with E-state index in [4.69, 9.17) is 4.42 Å². The molecule has 0 spiro atoms. The number of nitrogens with zero attached hydrogens (tertiary/aromatic N) is 1. The molecule has 6 nitrogen and oxygen atoms in total. The highest BCUT2D eigenvalue weighted by Crippen LogP contribution is 2.20. The van der Waals surface area contributed by atoms with Crippen molar-refractivity contribution in [3.05, 3.63) is 35.8 Å². The lowest BCUT2D eigenvalue weighted by Gasteiger charge is -2.26. The summed E-state index contributed by atoms with van der Waals surface area (Å²) < 4.78 is 41.2. The summed E-state index contributed by atoms with van der Waals surface area (Å²) in [5.41, 5.74) is 0.456. The van der Waals surface area contributed by atoms with Gasteiger partial charge in [0.15, 0.2) is 15.6 Å². The molecule has 124 valence electrons. The van der Waals surface area contributed by atoms with Gasteiger partial charge in [-0.1, -0.05) is 0 Å². The van der Waals surface area contributed by atoms with E-state index < -0.39 is 9.84 Å². The lowest BCUT2D eigenvalue weighted by molar-refractivity contribution is 0.0923. The molecule has 1 fully saturated rings. The highest BCUT2D eigenvalue weighted by Gasteiger charge is 2.21. The van der Waals surface area contributed by atoms with Crippen LogP contribution in [0.3, 0.4) is 0 Å². The van der Waals surface area contributed by atoms with E-state index in [9.17, 15) is 17.6 Å². The molecular weight excluding hydrogens is 323 g/mol. The minimum Gasteiger partial charge on any atom is -0.451 e. The Morgan fingerprint density at radius 3 is 2.74 bits per heavy atom. The number of halogens is 1. The zero-order valence-electron chi connectivity index (χ0n) is 12.4. The smallest absolute Gasteiger partial charge is 0.287 e. The van der Waals surface area contributed by atoms with E-state index >= 15 is 0 Å². The van der Waals surface area contributed by atoms with Crippen LogP contribution in [-0.2, 0) is 9.84 Å². The van der Waals surface area contributed by atoms with Crippen LogP contribution in [0.2, 0.25) is 0 Å². The molecule has 23 heavy (non-hydrogen) atoms. The molecular formula is C15H17FN2O4S. The molecule has 0 atom stereocenters. The molecule has 1 aromatic carbocycles. The van der Waals surface area contributed by atoms with Gasteiger partial charge in [-0.2, -0.15) is 0 Å². The fourth-order valence-corrected chi connectivity index (χ4v) is 3.79. The van der Waals surface area contributed by atoms with E-state index in [1.165, 1.54) is 24.3 Å². The normalized spacial score (nSPS) is 18.1. The van der Waals surface area contributed by atoms with Gasteiger partial charge in [-0.25, -0.2) is 12.8 Å². The molecule has 8 heteroatoms. The monoisotopic (exact) mass is 340 g/mol. The van der Waals surface area contributed by atoms with E-state index in [0.717, 1.165) is 0 Å². The second-order valence-corrected chi connectivity index (χ2v) is 7.85. The van der Waals surface area contributed by atoms with Gasteiger partial charge >= 0.3 is 0 Å². The molecule has 2 heterocycles. The van der Waals surface area contributed by atoms with Crippen LogP contribution in [-0.4, -0.2) is 56.9 Å². The van der Waals surface area contributed by atoms with Crippen molar-refractivity contribution in [2.75, 3.05) is 37.7 Å². The third-order valence-electron chi connectivity index (χ3n) is 3.85. The molecule has 0 radical (unpaired) electrons. The molecule has 1 N–H and O–H groups in total. The zero-order valence-corrected chi connectivity index (χ0v) is 13.2. The van der Waals surface area contributed by atoms with Crippen LogP contribution in [0.5, 0.6) is 0 Å². The van der Waals surface area contributed by atoms with Crippen LogP contribution in [0.15, 0.2) is 28.7 Å². The van der Waals surface area contributed by atoms with Gasteiger partial charge in [0.25, 0.3) is 5.91 Å². The van der Waals surface area contributed by atoms with Crippen molar-refractivity contribution in [2.24, 2.45) is 0 Å². The summed E-state index contributed by atoms with van der Waals surface area (Å²) in [5, 5.41) is 3.26. The highest BCUT2D eigenvalue weighted by molar-refractivity contribution is 7.91. The van der Waals surface area contributed by atoms with Crippen molar-refractivity contribution in [1.82, 2.24) is 10.2 Å². The molecule has 1 saturated heterocycles. The first kappa shape index (κ1) is 15.9. The van der Waals surface area contributed by atoms with Gasteiger partial charge in [-0.15, -0.1) is 0 Å². The number of amides is 1. The van der Waals surface area contributed by atoms with E-state index in [1.807, 2.05) is 4.90 Å². The fraction of sp³-hybridized carbons (Fsp3) is 0.400. The number of sulfone groups is 1.